The number of rotatable bonds is 12. The third-order valence-electron chi connectivity index (χ3n) is 2.84. The van der Waals surface area contributed by atoms with Crippen molar-refractivity contribution >= 4 is 11.7 Å². The number of hydrogen-bond donors (Lipinski definition) is 4. The molecule has 18 heavy (non-hydrogen) atoms. The molecular weight excluding hydrogens is 226 g/mol. The molecule has 0 aromatic rings. The molecule has 0 rings (SSSR count). The summed E-state index contributed by atoms with van der Waals surface area (Å²) >= 11 is 0. The zero-order valence-corrected chi connectivity index (χ0v) is 11.7. The summed E-state index contributed by atoms with van der Waals surface area (Å²) in [5.41, 5.74) is 11.4. The maximum atomic E-state index is 7.83. The highest BCUT2D eigenvalue weighted by molar-refractivity contribution is 5.81. The van der Waals surface area contributed by atoms with Gasteiger partial charge in [-0.3, -0.25) is 4.99 Å². The second kappa shape index (κ2) is 12.4. The van der Waals surface area contributed by atoms with Crippen molar-refractivity contribution in [1.82, 2.24) is 5.32 Å². The summed E-state index contributed by atoms with van der Waals surface area (Å²) in [5.74, 6) is 0.171. The molecule has 0 aliphatic carbocycles. The predicted molar refractivity (Wildman–Crippen MR) is 79.3 cm³/mol. The van der Waals surface area contributed by atoms with Crippen LogP contribution < -0.4 is 16.8 Å². The largest absolute Gasteiger partial charge is 0.370 e. The molecule has 5 heteroatoms. The monoisotopic (exact) mass is 255 g/mol. The Kier molecular flexibility index (Phi) is 11.6. The van der Waals surface area contributed by atoms with Crippen LogP contribution >= 0.6 is 0 Å². The van der Waals surface area contributed by atoms with Gasteiger partial charge in [0.25, 0.3) is 0 Å². The maximum Gasteiger partial charge on any atom is 0.185 e. The van der Waals surface area contributed by atoms with E-state index in [1.54, 1.807) is 0 Å². The lowest BCUT2D eigenvalue weighted by Crippen LogP contribution is -2.22. The van der Waals surface area contributed by atoms with Crippen LogP contribution in [-0.2, 0) is 0 Å². The molecule has 0 fully saturated rings. The summed E-state index contributed by atoms with van der Waals surface area (Å²) in [6.07, 6.45) is 8.64. The first-order chi connectivity index (χ1) is 8.66. The zero-order chi connectivity index (χ0) is 13.6. The Morgan fingerprint density at radius 1 is 1.00 bits per heavy atom. The van der Waals surface area contributed by atoms with E-state index in [1.165, 1.54) is 12.8 Å². The lowest BCUT2D eigenvalue weighted by Gasteiger charge is -2.04. The van der Waals surface area contributed by atoms with Gasteiger partial charge in [-0.2, -0.15) is 0 Å². The average Bonchev–Trinajstić information content (AvgIpc) is 2.33. The van der Waals surface area contributed by atoms with E-state index in [4.69, 9.17) is 16.9 Å². The molecule has 0 heterocycles. The first-order valence-electron chi connectivity index (χ1n) is 6.93. The molecule has 0 aromatic carbocycles. The SMILES string of the molecule is CNCCCCCC(=N)CCCCCN=C(N)N. The van der Waals surface area contributed by atoms with E-state index in [0.717, 1.165) is 50.8 Å². The van der Waals surface area contributed by atoms with Crippen molar-refractivity contribution < 1.29 is 0 Å². The summed E-state index contributed by atoms with van der Waals surface area (Å²) in [7, 11) is 1.98. The quantitative estimate of drug-likeness (QED) is 0.242. The lowest BCUT2D eigenvalue weighted by molar-refractivity contribution is 0.646. The van der Waals surface area contributed by atoms with Gasteiger partial charge in [-0.1, -0.05) is 12.8 Å². The molecule has 0 atom stereocenters. The Morgan fingerprint density at radius 3 is 2.17 bits per heavy atom. The Hall–Kier alpha value is -1.10. The van der Waals surface area contributed by atoms with E-state index in [1.807, 2.05) is 7.05 Å². The Bertz CT molecular complexity index is 234. The minimum absolute atomic E-state index is 0.171. The van der Waals surface area contributed by atoms with E-state index < -0.39 is 0 Å². The highest BCUT2D eigenvalue weighted by Gasteiger charge is 1.98. The lowest BCUT2D eigenvalue weighted by atomic mass is 10.1. The molecular formula is C13H29N5. The first-order valence-corrected chi connectivity index (χ1v) is 6.93. The molecule has 0 amide bonds. The normalized spacial score (nSPS) is 10.3. The second-order valence-corrected chi connectivity index (χ2v) is 4.64. The second-order valence-electron chi connectivity index (χ2n) is 4.64. The standard InChI is InChI=1S/C13H29N5/c1-17-10-6-2-4-8-12(14)9-5-3-7-11-18-13(15)16/h14,17H,2-11H2,1H3,(H4,15,16,18). The highest BCUT2D eigenvalue weighted by atomic mass is 15.0. The molecule has 0 saturated carbocycles. The molecule has 106 valence electrons. The van der Waals surface area contributed by atoms with Crippen LogP contribution in [0, 0.1) is 5.41 Å². The van der Waals surface area contributed by atoms with Crippen molar-refractivity contribution in [3.05, 3.63) is 0 Å². The van der Waals surface area contributed by atoms with Crippen LogP contribution in [0.15, 0.2) is 4.99 Å². The van der Waals surface area contributed by atoms with Crippen LogP contribution in [0.25, 0.3) is 0 Å². The molecule has 0 unspecified atom stereocenters. The molecule has 6 N–H and O–H groups in total. The third kappa shape index (κ3) is 13.0. The summed E-state index contributed by atoms with van der Waals surface area (Å²) in [6, 6.07) is 0. The molecule has 0 bridgehead atoms. The number of unbranched alkanes of at least 4 members (excludes halogenated alkanes) is 4. The third-order valence-corrected chi connectivity index (χ3v) is 2.84. The molecule has 0 spiro atoms. The topological polar surface area (TPSA) is 100 Å². The van der Waals surface area contributed by atoms with Crippen molar-refractivity contribution in [2.75, 3.05) is 20.1 Å². The van der Waals surface area contributed by atoms with E-state index >= 15 is 0 Å². The van der Waals surface area contributed by atoms with Crippen LogP contribution in [0.3, 0.4) is 0 Å². The molecule has 0 radical (unpaired) electrons. The van der Waals surface area contributed by atoms with Crippen molar-refractivity contribution in [3.8, 4) is 0 Å². The van der Waals surface area contributed by atoms with Gasteiger partial charge >= 0.3 is 0 Å². The fraction of sp³-hybridized carbons (Fsp3) is 0.846. The van der Waals surface area contributed by atoms with E-state index in [9.17, 15) is 0 Å². The van der Waals surface area contributed by atoms with Gasteiger partial charge in [0.2, 0.25) is 0 Å². The van der Waals surface area contributed by atoms with Gasteiger partial charge in [0.1, 0.15) is 0 Å². The van der Waals surface area contributed by atoms with Crippen molar-refractivity contribution in [2.45, 2.75) is 51.4 Å². The fourth-order valence-corrected chi connectivity index (χ4v) is 1.78. The smallest absolute Gasteiger partial charge is 0.185 e. The van der Waals surface area contributed by atoms with Crippen LogP contribution in [0.1, 0.15) is 51.4 Å². The van der Waals surface area contributed by atoms with Gasteiger partial charge in [-0.25, -0.2) is 0 Å². The van der Waals surface area contributed by atoms with Crippen molar-refractivity contribution in [2.24, 2.45) is 16.5 Å². The number of aliphatic imine (C=N–C) groups is 1. The highest BCUT2D eigenvalue weighted by Crippen LogP contribution is 2.07. The number of guanidine groups is 1. The molecule has 0 aromatic heterocycles. The van der Waals surface area contributed by atoms with Crippen LogP contribution in [-0.4, -0.2) is 31.8 Å². The van der Waals surface area contributed by atoms with Crippen LogP contribution in [0.5, 0.6) is 0 Å². The Morgan fingerprint density at radius 2 is 1.61 bits per heavy atom. The number of nitrogens with zero attached hydrogens (tertiary/aromatic N) is 1. The van der Waals surface area contributed by atoms with Crippen molar-refractivity contribution in [3.63, 3.8) is 0 Å². The summed E-state index contributed by atoms with van der Waals surface area (Å²) in [6.45, 7) is 1.79. The number of hydrogen-bond acceptors (Lipinski definition) is 3. The molecule has 0 saturated heterocycles. The minimum atomic E-state index is 0.171. The summed E-state index contributed by atoms with van der Waals surface area (Å²) in [4.78, 5) is 3.93. The van der Waals surface area contributed by atoms with Gasteiger partial charge < -0.3 is 22.2 Å². The van der Waals surface area contributed by atoms with E-state index in [0.29, 0.717) is 6.54 Å². The minimum Gasteiger partial charge on any atom is -0.370 e. The summed E-state index contributed by atoms with van der Waals surface area (Å²) in [5, 5.41) is 11.0. The first kappa shape index (κ1) is 16.9. The average molecular weight is 255 g/mol. The Labute approximate surface area is 111 Å². The van der Waals surface area contributed by atoms with Gasteiger partial charge in [0.05, 0.1) is 0 Å². The predicted octanol–water partition coefficient (Wildman–Crippen LogP) is 1.62. The number of nitrogens with one attached hydrogen (secondary N) is 2. The van der Waals surface area contributed by atoms with Crippen LogP contribution in [0.2, 0.25) is 0 Å². The van der Waals surface area contributed by atoms with Gasteiger partial charge in [0.15, 0.2) is 5.96 Å². The fourth-order valence-electron chi connectivity index (χ4n) is 1.78. The van der Waals surface area contributed by atoms with Gasteiger partial charge in [0, 0.05) is 12.3 Å². The van der Waals surface area contributed by atoms with Gasteiger partial charge in [-0.05, 0) is 52.1 Å². The van der Waals surface area contributed by atoms with E-state index in [2.05, 4.69) is 10.3 Å². The van der Waals surface area contributed by atoms with Crippen molar-refractivity contribution in [1.29, 1.82) is 5.41 Å². The molecule has 5 nitrogen and oxygen atoms in total. The maximum absolute atomic E-state index is 7.83. The van der Waals surface area contributed by atoms with Gasteiger partial charge in [-0.15, -0.1) is 0 Å². The number of nitrogens with two attached hydrogens (primary N) is 2. The van der Waals surface area contributed by atoms with E-state index in [-0.39, 0.29) is 5.96 Å². The Balaban J connectivity index is 3.24. The summed E-state index contributed by atoms with van der Waals surface area (Å²) < 4.78 is 0. The zero-order valence-electron chi connectivity index (χ0n) is 11.7. The molecule has 0 aliphatic rings. The van der Waals surface area contributed by atoms with Crippen LogP contribution in [0.4, 0.5) is 0 Å². The molecule has 0 aliphatic heterocycles.